The molecule has 4 heteroatoms. The maximum absolute atomic E-state index is 6.22. The molecule has 0 fully saturated rings. The van der Waals surface area contributed by atoms with E-state index in [0.717, 1.165) is 6.54 Å². The molecule has 0 rings (SSSR count). The number of nitrogens with two attached hydrogens (primary N) is 2. The van der Waals surface area contributed by atoms with Crippen molar-refractivity contribution in [1.82, 2.24) is 0 Å². The van der Waals surface area contributed by atoms with Gasteiger partial charge in [0.25, 0.3) is 0 Å². The molecule has 0 saturated heterocycles. The van der Waals surface area contributed by atoms with Crippen molar-refractivity contribution in [1.29, 1.82) is 5.41 Å². The van der Waals surface area contributed by atoms with Gasteiger partial charge in [0, 0.05) is 0 Å². The molecule has 3 nitrogen and oxygen atoms in total. The van der Waals surface area contributed by atoms with Gasteiger partial charge >= 0.3 is 31.9 Å². The minimum absolute atomic E-state index is 0.0417. The molecule has 0 saturated carbocycles. The fraction of sp³-hybridized carbons (Fsp3) is 0.842. The van der Waals surface area contributed by atoms with Crippen LogP contribution in [-0.2, 0) is 0 Å². The standard InChI is InChI=1S/C18H37N.CH3N2Se/c1-2-3-4-5-6-7-8-9-10-11-12-13-14-15-16-17-18-19;2-1(3)4/h9-10H,2-8,11-19H2,1H3;(H3,2,3)/b10-9-;. The molecule has 1 radical (unpaired) electrons. The second-order valence-corrected chi connectivity index (χ2v) is 7.01. The summed E-state index contributed by atoms with van der Waals surface area (Å²) < 4.78 is 0.0417. The number of hydrogen-bond donors (Lipinski definition) is 3. The van der Waals surface area contributed by atoms with Crippen LogP contribution >= 0.6 is 0 Å². The predicted octanol–water partition coefficient (Wildman–Crippen LogP) is 5.03. The Balaban J connectivity index is 0. The normalized spacial score (nSPS) is 10.5. The van der Waals surface area contributed by atoms with E-state index < -0.39 is 0 Å². The van der Waals surface area contributed by atoms with Crippen LogP contribution < -0.4 is 11.5 Å². The van der Waals surface area contributed by atoms with E-state index in [1.54, 1.807) is 0 Å². The van der Waals surface area contributed by atoms with Gasteiger partial charge in [0.2, 0.25) is 0 Å². The summed E-state index contributed by atoms with van der Waals surface area (Å²) in [6.45, 7) is 3.14. The number of hydrogen-bond acceptors (Lipinski definition) is 2. The average molecular weight is 390 g/mol. The topological polar surface area (TPSA) is 75.9 Å². The minimum atomic E-state index is 0.0417. The first-order valence-electron chi connectivity index (χ1n) is 9.51. The van der Waals surface area contributed by atoms with Gasteiger partial charge < -0.3 is 5.73 Å². The summed E-state index contributed by atoms with van der Waals surface area (Å²) in [5.41, 5.74) is 10.1. The van der Waals surface area contributed by atoms with Crippen LogP contribution in [0.3, 0.4) is 0 Å². The molecule has 0 spiro atoms. The summed E-state index contributed by atoms with van der Waals surface area (Å²) in [4.78, 5) is 0. The molecule has 23 heavy (non-hydrogen) atoms. The molecule has 0 bridgehead atoms. The third kappa shape index (κ3) is 34.2. The average Bonchev–Trinajstić information content (AvgIpc) is 2.50. The number of nitrogens with one attached hydrogen (secondary N) is 1. The zero-order valence-corrected chi connectivity index (χ0v) is 17.0. The van der Waals surface area contributed by atoms with Crippen LogP contribution in [0.15, 0.2) is 12.2 Å². The Labute approximate surface area is 153 Å². The van der Waals surface area contributed by atoms with Crippen LogP contribution in [0.4, 0.5) is 0 Å². The Morgan fingerprint density at radius 2 is 1.13 bits per heavy atom. The summed E-state index contributed by atoms with van der Waals surface area (Å²) in [5.74, 6) is 0. The first-order chi connectivity index (χ1) is 11.1. The van der Waals surface area contributed by atoms with Crippen LogP contribution in [-0.4, -0.2) is 27.3 Å². The van der Waals surface area contributed by atoms with E-state index in [1.165, 1.54) is 89.9 Å². The molecule has 0 aliphatic carbocycles. The Morgan fingerprint density at radius 1 is 0.783 bits per heavy atom. The first kappa shape index (κ1) is 24.9. The van der Waals surface area contributed by atoms with Crippen molar-refractivity contribution in [2.75, 3.05) is 6.54 Å². The van der Waals surface area contributed by atoms with Crippen LogP contribution in [0.1, 0.15) is 96.8 Å². The quantitative estimate of drug-likeness (QED) is 0.121. The van der Waals surface area contributed by atoms with Gasteiger partial charge in [-0.2, -0.15) is 0 Å². The number of amidine groups is 1. The van der Waals surface area contributed by atoms with Gasteiger partial charge in [-0.1, -0.05) is 76.9 Å². The van der Waals surface area contributed by atoms with Crippen molar-refractivity contribution in [3.63, 3.8) is 0 Å². The molecular formula is C19H40N3Se. The van der Waals surface area contributed by atoms with Gasteiger partial charge in [0.05, 0.1) is 0 Å². The monoisotopic (exact) mass is 390 g/mol. The zero-order valence-electron chi connectivity index (χ0n) is 15.3. The SMILES string of the molecule is CCCCCCCC/C=C\CCCCCCCCN.N=C(N)[Se]. The van der Waals surface area contributed by atoms with E-state index in [2.05, 4.69) is 40.8 Å². The molecule has 0 aliphatic rings. The van der Waals surface area contributed by atoms with E-state index in [1.807, 2.05) is 0 Å². The van der Waals surface area contributed by atoms with Gasteiger partial charge in [-0.3, -0.25) is 0 Å². The molecule has 0 aromatic rings. The molecule has 0 heterocycles. The summed E-state index contributed by atoms with van der Waals surface area (Å²) >= 11 is 2.26. The molecule has 0 aromatic carbocycles. The fourth-order valence-corrected chi connectivity index (χ4v) is 2.39. The van der Waals surface area contributed by atoms with E-state index in [0.29, 0.717) is 0 Å². The van der Waals surface area contributed by atoms with Crippen molar-refractivity contribution in [3.05, 3.63) is 12.2 Å². The summed E-state index contributed by atoms with van der Waals surface area (Å²) in [5, 5.41) is 6.22. The predicted molar refractivity (Wildman–Crippen MR) is 106 cm³/mol. The van der Waals surface area contributed by atoms with Gasteiger partial charge in [0.15, 0.2) is 0 Å². The van der Waals surface area contributed by atoms with Gasteiger partial charge in [-0.05, 0) is 38.6 Å². The van der Waals surface area contributed by atoms with Crippen LogP contribution in [0.25, 0.3) is 0 Å². The van der Waals surface area contributed by atoms with Crippen LogP contribution in [0.5, 0.6) is 0 Å². The molecule has 0 atom stereocenters. The second kappa shape index (κ2) is 23.9. The Kier molecular flexibility index (Phi) is 26.0. The van der Waals surface area contributed by atoms with E-state index >= 15 is 0 Å². The van der Waals surface area contributed by atoms with Crippen molar-refractivity contribution in [2.24, 2.45) is 11.5 Å². The van der Waals surface area contributed by atoms with Crippen molar-refractivity contribution in [3.8, 4) is 0 Å². The van der Waals surface area contributed by atoms with E-state index in [9.17, 15) is 0 Å². The van der Waals surface area contributed by atoms with Gasteiger partial charge in [0.1, 0.15) is 0 Å². The maximum atomic E-state index is 6.22. The number of unbranched alkanes of at least 4 members (excludes halogenated alkanes) is 12. The van der Waals surface area contributed by atoms with Gasteiger partial charge in [-0.25, -0.2) is 0 Å². The molecule has 5 N–H and O–H groups in total. The van der Waals surface area contributed by atoms with E-state index in [4.69, 9.17) is 11.1 Å². The molecule has 0 unspecified atom stereocenters. The second-order valence-electron chi connectivity index (χ2n) is 6.09. The molecular weight excluding hydrogens is 349 g/mol. The third-order valence-corrected chi connectivity index (χ3v) is 3.72. The van der Waals surface area contributed by atoms with Crippen molar-refractivity contribution in [2.45, 2.75) is 96.8 Å². The summed E-state index contributed by atoms with van der Waals surface area (Å²) in [6.07, 6.45) is 23.9. The van der Waals surface area contributed by atoms with Crippen LogP contribution in [0.2, 0.25) is 0 Å². The summed E-state index contributed by atoms with van der Waals surface area (Å²) in [6, 6.07) is 0. The van der Waals surface area contributed by atoms with Crippen molar-refractivity contribution >= 4 is 20.7 Å². The Bertz CT molecular complexity index is 251. The van der Waals surface area contributed by atoms with Gasteiger partial charge in [-0.15, -0.1) is 0 Å². The zero-order chi connectivity index (χ0) is 17.6. The van der Waals surface area contributed by atoms with Crippen molar-refractivity contribution < 1.29 is 0 Å². The molecule has 0 amide bonds. The van der Waals surface area contributed by atoms with Crippen LogP contribution in [0, 0.1) is 5.41 Å². The fourth-order valence-electron chi connectivity index (χ4n) is 2.39. The first-order valence-corrected chi connectivity index (χ1v) is 10.4. The third-order valence-electron chi connectivity index (χ3n) is 3.72. The van der Waals surface area contributed by atoms with E-state index in [-0.39, 0.29) is 4.73 Å². The molecule has 0 aromatic heterocycles. The number of allylic oxidation sites excluding steroid dienone is 2. The molecule has 0 aliphatic heterocycles. The Hall–Kier alpha value is -0.311. The Morgan fingerprint density at radius 3 is 1.52 bits per heavy atom. The summed E-state index contributed by atoms with van der Waals surface area (Å²) in [7, 11) is 0. The number of rotatable bonds is 15. The molecule has 137 valence electrons.